The van der Waals surface area contributed by atoms with E-state index in [2.05, 4.69) is 35.1 Å². The Morgan fingerprint density at radius 3 is 2.42 bits per heavy atom. The Bertz CT molecular complexity index is 1160. The van der Waals surface area contributed by atoms with Crippen molar-refractivity contribution in [3.8, 4) is 11.1 Å². The molecular formula is C29H37N3O4. The molecule has 192 valence electrons. The van der Waals surface area contributed by atoms with Crippen molar-refractivity contribution >= 4 is 12.1 Å². The lowest BCUT2D eigenvalue weighted by Crippen LogP contribution is -2.33. The molecule has 0 aliphatic heterocycles. The number of amides is 1. The molecule has 1 aromatic heterocycles. The zero-order valence-corrected chi connectivity index (χ0v) is 22.0. The second kappa shape index (κ2) is 12.4. The van der Waals surface area contributed by atoms with Crippen LogP contribution in [0.15, 0.2) is 54.7 Å². The number of benzene rings is 2. The molecule has 0 atom stereocenters. The number of methoxy groups -OCH3 is 1. The topological polar surface area (TPSA) is 82.5 Å². The van der Waals surface area contributed by atoms with E-state index in [0.717, 1.165) is 47.5 Å². The third-order valence-corrected chi connectivity index (χ3v) is 5.66. The van der Waals surface area contributed by atoms with Gasteiger partial charge in [-0.2, -0.15) is 0 Å². The molecule has 1 amide bonds. The molecular weight excluding hydrogens is 454 g/mol. The van der Waals surface area contributed by atoms with E-state index < -0.39 is 11.7 Å². The summed E-state index contributed by atoms with van der Waals surface area (Å²) in [7, 11) is 1.39. The van der Waals surface area contributed by atoms with E-state index in [4.69, 9.17) is 14.5 Å². The van der Waals surface area contributed by atoms with Gasteiger partial charge in [-0.25, -0.2) is 14.6 Å². The second-order valence-corrected chi connectivity index (χ2v) is 9.79. The van der Waals surface area contributed by atoms with Crippen molar-refractivity contribution in [1.82, 2.24) is 14.9 Å². The lowest BCUT2D eigenvalue weighted by atomic mass is 9.98. The van der Waals surface area contributed by atoms with Crippen LogP contribution < -0.4 is 5.32 Å². The SMILES string of the molecule is CCCCc1nc(CCNC(=O)OC(C)(C)C)cn1Cc1ccc(-c2ccccc2C(=O)OC)cc1. The monoisotopic (exact) mass is 491 g/mol. The Morgan fingerprint density at radius 1 is 1.03 bits per heavy atom. The molecule has 0 fully saturated rings. The number of esters is 1. The van der Waals surface area contributed by atoms with Gasteiger partial charge in [-0.3, -0.25) is 0 Å². The fourth-order valence-electron chi connectivity index (χ4n) is 3.92. The summed E-state index contributed by atoms with van der Waals surface area (Å²) in [6.45, 7) is 8.87. The van der Waals surface area contributed by atoms with E-state index in [1.807, 2.05) is 51.1 Å². The lowest BCUT2D eigenvalue weighted by Gasteiger charge is -2.19. The van der Waals surface area contributed by atoms with Gasteiger partial charge in [0.15, 0.2) is 0 Å². The first-order chi connectivity index (χ1) is 17.2. The highest BCUT2D eigenvalue weighted by Gasteiger charge is 2.16. The van der Waals surface area contributed by atoms with E-state index in [0.29, 0.717) is 25.1 Å². The number of carbonyl (C=O) groups is 2. The minimum absolute atomic E-state index is 0.345. The zero-order chi connectivity index (χ0) is 26.1. The van der Waals surface area contributed by atoms with Crippen LogP contribution in [0.2, 0.25) is 0 Å². The lowest BCUT2D eigenvalue weighted by molar-refractivity contribution is 0.0527. The highest BCUT2D eigenvalue weighted by molar-refractivity contribution is 5.97. The molecule has 7 nitrogen and oxygen atoms in total. The number of alkyl carbamates (subject to hydrolysis) is 1. The summed E-state index contributed by atoms with van der Waals surface area (Å²) < 4.78 is 12.4. The van der Waals surface area contributed by atoms with Gasteiger partial charge in [0.2, 0.25) is 0 Å². The van der Waals surface area contributed by atoms with E-state index in [1.54, 1.807) is 6.07 Å². The molecule has 0 aliphatic carbocycles. The third kappa shape index (κ3) is 7.70. The molecule has 0 unspecified atom stereocenters. The highest BCUT2D eigenvalue weighted by atomic mass is 16.6. The van der Waals surface area contributed by atoms with Crippen LogP contribution in [0.5, 0.6) is 0 Å². The van der Waals surface area contributed by atoms with Crippen LogP contribution >= 0.6 is 0 Å². The molecule has 0 aliphatic rings. The second-order valence-electron chi connectivity index (χ2n) is 9.79. The largest absolute Gasteiger partial charge is 0.465 e. The Kier molecular flexibility index (Phi) is 9.28. The van der Waals surface area contributed by atoms with Crippen LogP contribution in [0, 0.1) is 0 Å². The van der Waals surface area contributed by atoms with Gasteiger partial charge in [0.25, 0.3) is 0 Å². The van der Waals surface area contributed by atoms with Crippen molar-refractivity contribution in [1.29, 1.82) is 0 Å². The average Bonchev–Trinajstić information content (AvgIpc) is 3.22. The van der Waals surface area contributed by atoms with E-state index in [-0.39, 0.29) is 5.97 Å². The molecule has 7 heteroatoms. The number of rotatable bonds is 10. The quantitative estimate of drug-likeness (QED) is 0.363. The van der Waals surface area contributed by atoms with E-state index >= 15 is 0 Å². The normalized spacial score (nSPS) is 11.2. The number of imidazole rings is 1. The number of hydrogen-bond acceptors (Lipinski definition) is 5. The highest BCUT2D eigenvalue weighted by Crippen LogP contribution is 2.25. The molecule has 1 N–H and O–H groups in total. The first-order valence-corrected chi connectivity index (χ1v) is 12.5. The van der Waals surface area contributed by atoms with Crippen LogP contribution in [0.4, 0.5) is 4.79 Å². The van der Waals surface area contributed by atoms with Gasteiger partial charge in [0.1, 0.15) is 11.4 Å². The van der Waals surface area contributed by atoms with Crippen molar-refractivity contribution in [2.75, 3.05) is 13.7 Å². The Balaban J connectivity index is 1.71. The molecule has 0 radical (unpaired) electrons. The maximum Gasteiger partial charge on any atom is 0.407 e. The summed E-state index contributed by atoms with van der Waals surface area (Å²) >= 11 is 0. The van der Waals surface area contributed by atoms with Gasteiger partial charge in [0.05, 0.1) is 18.4 Å². The first-order valence-electron chi connectivity index (χ1n) is 12.5. The molecule has 2 aromatic carbocycles. The number of ether oxygens (including phenoxy) is 2. The molecule has 1 heterocycles. The van der Waals surface area contributed by atoms with Gasteiger partial charge in [0, 0.05) is 32.1 Å². The van der Waals surface area contributed by atoms with Gasteiger partial charge in [-0.15, -0.1) is 0 Å². The maximum absolute atomic E-state index is 12.2. The first kappa shape index (κ1) is 27.0. The van der Waals surface area contributed by atoms with Gasteiger partial charge in [-0.05, 0) is 49.9 Å². The van der Waals surface area contributed by atoms with Crippen LogP contribution in [0.25, 0.3) is 11.1 Å². The molecule has 0 saturated carbocycles. The number of nitrogens with one attached hydrogen (secondary N) is 1. The molecule has 0 spiro atoms. The van der Waals surface area contributed by atoms with Crippen LogP contribution in [0.3, 0.4) is 0 Å². The summed E-state index contributed by atoms with van der Waals surface area (Å²) in [4.78, 5) is 28.9. The molecule has 3 rings (SSSR count). The standard InChI is InChI=1S/C29H37N3O4/c1-6-7-12-26-31-23(17-18-30-28(34)36-29(2,3)4)20-32(26)19-21-13-15-22(16-14-21)24-10-8-9-11-25(24)27(33)35-5/h8-11,13-16,20H,6-7,12,17-19H2,1-5H3,(H,30,34). The summed E-state index contributed by atoms with van der Waals surface area (Å²) in [5.74, 6) is 0.701. The number of aromatic nitrogens is 2. The number of unbranched alkanes of at least 4 members (excludes halogenated alkanes) is 1. The van der Waals surface area contributed by atoms with Crippen LogP contribution in [-0.2, 0) is 28.9 Å². The average molecular weight is 492 g/mol. The number of nitrogens with zero attached hydrogens (tertiary/aromatic N) is 2. The number of aryl methyl sites for hydroxylation is 1. The molecule has 3 aromatic rings. The molecule has 0 bridgehead atoms. The molecule has 0 saturated heterocycles. The number of hydrogen-bond donors (Lipinski definition) is 1. The fraction of sp³-hybridized carbons (Fsp3) is 0.414. The van der Waals surface area contributed by atoms with Crippen molar-refractivity contribution < 1.29 is 19.1 Å². The minimum Gasteiger partial charge on any atom is -0.465 e. The van der Waals surface area contributed by atoms with Crippen LogP contribution in [-0.4, -0.2) is 40.9 Å². The van der Waals surface area contributed by atoms with Crippen molar-refractivity contribution in [3.05, 3.63) is 77.4 Å². The van der Waals surface area contributed by atoms with E-state index in [1.165, 1.54) is 7.11 Å². The van der Waals surface area contributed by atoms with Gasteiger partial charge >= 0.3 is 12.1 Å². The smallest absolute Gasteiger partial charge is 0.407 e. The Morgan fingerprint density at radius 2 is 1.75 bits per heavy atom. The predicted molar refractivity (Wildman–Crippen MR) is 141 cm³/mol. The Labute approximate surface area is 213 Å². The van der Waals surface area contributed by atoms with Crippen molar-refractivity contribution in [3.63, 3.8) is 0 Å². The number of carbonyl (C=O) groups excluding carboxylic acids is 2. The van der Waals surface area contributed by atoms with Crippen molar-refractivity contribution in [2.45, 2.75) is 65.5 Å². The summed E-state index contributed by atoms with van der Waals surface area (Å²) in [6.07, 6.45) is 5.35. The molecule has 36 heavy (non-hydrogen) atoms. The van der Waals surface area contributed by atoms with Crippen LogP contribution in [0.1, 0.15) is 68.0 Å². The van der Waals surface area contributed by atoms with Gasteiger partial charge < -0.3 is 19.4 Å². The summed E-state index contributed by atoms with van der Waals surface area (Å²) in [6, 6.07) is 15.7. The maximum atomic E-state index is 12.2. The summed E-state index contributed by atoms with van der Waals surface area (Å²) in [5, 5.41) is 2.80. The third-order valence-electron chi connectivity index (χ3n) is 5.66. The van der Waals surface area contributed by atoms with Crippen molar-refractivity contribution in [2.24, 2.45) is 0 Å². The Hall–Kier alpha value is -3.61. The summed E-state index contributed by atoms with van der Waals surface area (Å²) in [5.41, 5.74) is 3.93. The minimum atomic E-state index is -0.518. The van der Waals surface area contributed by atoms with Gasteiger partial charge in [-0.1, -0.05) is 55.8 Å². The fourth-order valence-corrected chi connectivity index (χ4v) is 3.92. The predicted octanol–water partition coefficient (Wildman–Crippen LogP) is 5.79. The van der Waals surface area contributed by atoms with E-state index in [9.17, 15) is 9.59 Å². The zero-order valence-electron chi connectivity index (χ0n) is 22.0.